The number of para-hydroxylation sites is 1. The molecule has 1 aromatic carbocycles. The van der Waals surface area contributed by atoms with Crippen molar-refractivity contribution in [2.75, 3.05) is 19.6 Å². The average Bonchev–Trinajstić information content (AvgIpc) is 3.24. The molecule has 2 aliphatic heterocycles. The molecule has 0 atom stereocenters. The van der Waals surface area contributed by atoms with Gasteiger partial charge in [-0.15, -0.1) is 0 Å². The van der Waals surface area contributed by atoms with Crippen LogP contribution in [0.25, 0.3) is 22.2 Å². The molecular weight excluding hydrogens is 282 g/mol. The predicted octanol–water partition coefficient (Wildman–Crippen LogP) is 3.64. The van der Waals surface area contributed by atoms with Crippen molar-refractivity contribution in [3.63, 3.8) is 0 Å². The van der Waals surface area contributed by atoms with E-state index in [1.54, 1.807) is 0 Å². The predicted molar refractivity (Wildman–Crippen MR) is 92.3 cm³/mol. The third kappa shape index (κ3) is 2.07. The van der Waals surface area contributed by atoms with Gasteiger partial charge in [-0.2, -0.15) is 0 Å². The highest BCUT2D eigenvalue weighted by Gasteiger charge is 2.44. The number of hydrogen-bond acceptors (Lipinski definition) is 3. The van der Waals surface area contributed by atoms with Crippen molar-refractivity contribution in [3.8, 4) is 11.3 Å². The van der Waals surface area contributed by atoms with Crippen LogP contribution in [0.2, 0.25) is 0 Å². The van der Waals surface area contributed by atoms with E-state index < -0.39 is 0 Å². The molecule has 0 N–H and O–H groups in total. The minimum atomic E-state index is 0.368. The molecule has 0 aliphatic carbocycles. The lowest BCUT2D eigenvalue weighted by Gasteiger charge is -2.25. The van der Waals surface area contributed by atoms with Crippen molar-refractivity contribution < 1.29 is 0 Å². The van der Waals surface area contributed by atoms with Crippen LogP contribution >= 0.6 is 0 Å². The van der Waals surface area contributed by atoms with Crippen molar-refractivity contribution >= 4 is 10.9 Å². The molecule has 0 radical (unpaired) electrons. The summed E-state index contributed by atoms with van der Waals surface area (Å²) in [4.78, 5) is 11.9. The Bertz CT molecular complexity index is 861. The van der Waals surface area contributed by atoms with E-state index in [1.165, 1.54) is 38.0 Å². The van der Waals surface area contributed by atoms with E-state index in [-0.39, 0.29) is 0 Å². The van der Waals surface area contributed by atoms with E-state index in [0.717, 1.165) is 22.2 Å². The first kappa shape index (κ1) is 13.2. The van der Waals surface area contributed by atoms with Crippen LogP contribution in [-0.2, 0) is 5.41 Å². The zero-order valence-electron chi connectivity index (χ0n) is 13.1. The number of fused-ring (bicyclic) bond motifs is 3. The Morgan fingerprint density at radius 3 is 2.52 bits per heavy atom. The third-order valence-electron chi connectivity index (χ3n) is 5.60. The monoisotopic (exact) mass is 301 g/mol. The summed E-state index contributed by atoms with van der Waals surface area (Å²) in [5.41, 5.74) is 4.91. The second-order valence-electron chi connectivity index (χ2n) is 6.91. The summed E-state index contributed by atoms with van der Waals surface area (Å²) in [6.07, 6.45) is 6.59. The van der Waals surface area contributed by atoms with Gasteiger partial charge in [-0.3, -0.25) is 9.97 Å². The van der Waals surface area contributed by atoms with Gasteiger partial charge in [-0.05, 0) is 49.7 Å². The van der Waals surface area contributed by atoms with E-state index in [2.05, 4.69) is 46.4 Å². The molecule has 2 aliphatic rings. The minimum absolute atomic E-state index is 0.368. The van der Waals surface area contributed by atoms with E-state index in [4.69, 9.17) is 4.98 Å². The van der Waals surface area contributed by atoms with Gasteiger partial charge in [-0.1, -0.05) is 24.3 Å². The fourth-order valence-corrected chi connectivity index (χ4v) is 4.19. The Balaban J connectivity index is 1.51. The van der Waals surface area contributed by atoms with E-state index in [9.17, 15) is 0 Å². The Labute approximate surface area is 136 Å². The van der Waals surface area contributed by atoms with Crippen molar-refractivity contribution in [3.05, 3.63) is 60.4 Å². The van der Waals surface area contributed by atoms with Crippen LogP contribution in [0.5, 0.6) is 0 Å². The molecule has 2 saturated heterocycles. The zero-order valence-corrected chi connectivity index (χ0v) is 13.1. The van der Waals surface area contributed by atoms with Crippen LogP contribution in [-0.4, -0.2) is 34.5 Å². The Hall–Kier alpha value is -2.26. The topological polar surface area (TPSA) is 29.0 Å². The molecule has 3 nitrogen and oxygen atoms in total. The summed E-state index contributed by atoms with van der Waals surface area (Å²) in [7, 11) is 0. The average molecular weight is 301 g/mol. The van der Waals surface area contributed by atoms with E-state index >= 15 is 0 Å². The fourth-order valence-electron chi connectivity index (χ4n) is 4.19. The van der Waals surface area contributed by atoms with Crippen molar-refractivity contribution in [2.24, 2.45) is 0 Å². The molecule has 114 valence electrons. The molecule has 23 heavy (non-hydrogen) atoms. The van der Waals surface area contributed by atoms with Gasteiger partial charge in [0.25, 0.3) is 0 Å². The first-order valence-electron chi connectivity index (χ1n) is 8.37. The number of pyridine rings is 2. The van der Waals surface area contributed by atoms with Crippen molar-refractivity contribution in [2.45, 2.75) is 18.3 Å². The lowest BCUT2D eigenvalue weighted by atomic mass is 9.78. The highest BCUT2D eigenvalue weighted by atomic mass is 15.2. The maximum Gasteiger partial charge on any atom is 0.0717 e. The standard InChI is InChI=1S/C20H19N3/c1-2-4-18-15(3-1)11-16(12-21-18)19-6-5-17(13-22-19)20-7-9-23(14-20)10-8-20/h1-6,11-13H,7-10,14H2. The lowest BCUT2D eigenvalue weighted by molar-refractivity contribution is 0.364. The maximum atomic E-state index is 4.75. The highest BCUT2D eigenvalue weighted by molar-refractivity contribution is 5.82. The summed E-state index contributed by atoms with van der Waals surface area (Å²) >= 11 is 0. The smallest absolute Gasteiger partial charge is 0.0717 e. The Kier molecular flexibility index (Phi) is 2.79. The van der Waals surface area contributed by atoms with Gasteiger partial charge in [-0.25, -0.2) is 0 Å². The number of hydrogen-bond donors (Lipinski definition) is 0. The second kappa shape index (κ2) is 4.87. The Morgan fingerprint density at radius 2 is 1.78 bits per heavy atom. The van der Waals surface area contributed by atoms with Crippen molar-refractivity contribution in [1.82, 2.24) is 14.9 Å². The van der Waals surface area contributed by atoms with Crippen molar-refractivity contribution in [1.29, 1.82) is 0 Å². The number of nitrogens with zero attached hydrogens (tertiary/aromatic N) is 3. The van der Waals surface area contributed by atoms with Crippen LogP contribution in [0.15, 0.2) is 54.9 Å². The fraction of sp³-hybridized carbons (Fsp3) is 0.300. The molecule has 2 bridgehead atoms. The summed E-state index contributed by atoms with van der Waals surface area (Å²) < 4.78 is 0. The quantitative estimate of drug-likeness (QED) is 0.723. The first-order valence-corrected chi connectivity index (χ1v) is 8.37. The van der Waals surface area contributed by atoms with Crippen LogP contribution in [0, 0.1) is 0 Å². The van der Waals surface area contributed by atoms with E-state index in [0.29, 0.717) is 5.41 Å². The largest absolute Gasteiger partial charge is 0.302 e. The molecule has 0 amide bonds. The molecule has 3 heteroatoms. The van der Waals surface area contributed by atoms with Crippen LogP contribution in [0.3, 0.4) is 0 Å². The molecule has 4 heterocycles. The minimum Gasteiger partial charge on any atom is -0.302 e. The van der Waals surface area contributed by atoms with Gasteiger partial charge < -0.3 is 4.90 Å². The van der Waals surface area contributed by atoms with Crippen LogP contribution in [0.4, 0.5) is 0 Å². The Morgan fingerprint density at radius 1 is 0.913 bits per heavy atom. The molecular formula is C20H19N3. The molecule has 2 fully saturated rings. The second-order valence-corrected chi connectivity index (χ2v) is 6.91. The van der Waals surface area contributed by atoms with Gasteiger partial charge in [0.05, 0.1) is 11.2 Å². The van der Waals surface area contributed by atoms with E-state index in [1.807, 2.05) is 18.3 Å². The van der Waals surface area contributed by atoms with Gasteiger partial charge in [0, 0.05) is 35.3 Å². The number of rotatable bonds is 2. The summed E-state index contributed by atoms with van der Waals surface area (Å²) in [5.74, 6) is 0. The zero-order chi connectivity index (χ0) is 15.3. The van der Waals surface area contributed by atoms with Crippen LogP contribution in [0.1, 0.15) is 18.4 Å². The summed E-state index contributed by atoms with van der Waals surface area (Å²) in [5, 5.41) is 1.16. The molecule has 2 aromatic heterocycles. The highest BCUT2D eigenvalue weighted by Crippen LogP contribution is 2.43. The normalized spacial score (nSPS) is 26.0. The SMILES string of the molecule is c1ccc2ncc(-c3ccc(C45CCN(CC4)C5)cn3)cc2c1. The third-order valence-corrected chi connectivity index (χ3v) is 5.60. The van der Waals surface area contributed by atoms with Crippen LogP contribution < -0.4 is 0 Å². The molecule has 0 spiro atoms. The van der Waals surface area contributed by atoms with Gasteiger partial charge in [0.2, 0.25) is 0 Å². The lowest BCUT2D eigenvalue weighted by Crippen LogP contribution is -2.24. The first-order chi connectivity index (χ1) is 11.3. The molecule has 5 rings (SSSR count). The molecule has 0 saturated carbocycles. The summed E-state index contributed by atoms with van der Waals surface area (Å²) in [6, 6.07) is 14.8. The number of aromatic nitrogens is 2. The number of piperidine rings is 1. The maximum absolute atomic E-state index is 4.75. The number of benzene rings is 1. The van der Waals surface area contributed by atoms with Gasteiger partial charge >= 0.3 is 0 Å². The summed E-state index contributed by atoms with van der Waals surface area (Å²) in [6.45, 7) is 3.71. The van der Waals surface area contributed by atoms with Gasteiger partial charge in [0.15, 0.2) is 0 Å². The van der Waals surface area contributed by atoms with Gasteiger partial charge in [0.1, 0.15) is 0 Å². The molecule has 3 aromatic rings. The molecule has 0 unspecified atom stereocenters.